The van der Waals surface area contributed by atoms with E-state index in [-0.39, 0.29) is 23.1 Å². The summed E-state index contributed by atoms with van der Waals surface area (Å²) in [6.45, 7) is 2.33. The Morgan fingerprint density at radius 2 is 2.38 bits per heavy atom. The summed E-state index contributed by atoms with van der Waals surface area (Å²) < 4.78 is 1.81. The van der Waals surface area contributed by atoms with Gasteiger partial charge in [-0.05, 0) is 6.92 Å². The fraction of sp³-hybridized carbons (Fsp3) is 0.250. The van der Waals surface area contributed by atoms with E-state index in [0.717, 1.165) is 12.3 Å². The van der Waals surface area contributed by atoms with Crippen molar-refractivity contribution >= 4 is 17.4 Å². The van der Waals surface area contributed by atoms with Crippen molar-refractivity contribution in [2.24, 2.45) is 0 Å². The number of aromatic nitrogens is 3. The molecule has 1 atom stereocenters. The number of anilines is 1. The molecule has 1 unspecified atom stereocenters. The normalized spacial score (nSPS) is 11.9. The molecular formula is C12H14N6O3. The van der Waals surface area contributed by atoms with Gasteiger partial charge in [0.1, 0.15) is 12.0 Å². The van der Waals surface area contributed by atoms with Crippen molar-refractivity contribution in [3.05, 3.63) is 46.7 Å². The Kier molecular flexibility index (Phi) is 4.12. The molecule has 0 saturated carbocycles. The number of rotatable bonds is 5. The molecule has 2 rings (SSSR count). The summed E-state index contributed by atoms with van der Waals surface area (Å²) >= 11 is 0. The van der Waals surface area contributed by atoms with Gasteiger partial charge in [0, 0.05) is 31.0 Å². The van der Waals surface area contributed by atoms with Crippen LogP contribution in [0.25, 0.3) is 0 Å². The lowest BCUT2D eigenvalue weighted by atomic mass is 10.2. The van der Waals surface area contributed by atoms with Crippen LogP contribution in [0.4, 0.5) is 11.5 Å². The van der Waals surface area contributed by atoms with Crippen LogP contribution in [-0.2, 0) is 6.54 Å². The van der Waals surface area contributed by atoms with Crippen molar-refractivity contribution in [2.45, 2.75) is 19.5 Å². The molecule has 0 spiro atoms. The van der Waals surface area contributed by atoms with Gasteiger partial charge in [0.25, 0.3) is 11.6 Å². The average molecular weight is 290 g/mol. The number of carbonyl (C=O) groups excluding carboxylic acids is 1. The maximum atomic E-state index is 12.1. The number of nitrogens with one attached hydrogen (secondary N) is 1. The summed E-state index contributed by atoms with van der Waals surface area (Å²) in [6, 6.07) is 0.909. The van der Waals surface area contributed by atoms with Crippen LogP contribution in [0.3, 0.4) is 0 Å². The molecule has 0 bridgehead atoms. The Morgan fingerprint density at radius 1 is 1.62 bits per heavy atom. The first-order valence-electron chi connectivity index (χ1n) is 6.14. The molecule has 9 heteroatoms. The predicted octanol–water partition coefficient (Wildman–Crippen LogP) is 0.587. The number of pyridine rings is 1. The first kappa shape index (κ1) is 14.4. The van der Waals surface area contributed by atoms with E-state index in [9.17, 15) is 14.9 Å². The average Bonchev–Trinajstić information content (AvgIpc) is 2.91. The molecule has 0 aliphatic rings. The largest absolute Gasteiger partial charge is 0.383 e. The molecule has 2 aromatic heterocycles. The maximum Gasteiger partial charge on any atom is 0.288 e. The SMILES string of the molecule is CC(Cn1ccnc1)NC(=O)c1cc([N+](=O)[O-])cnc1N. The molecule has 1 amide bonds. The second-order valence-corrected chi connectivity index (χ2v) is 4.52. The van der Waals surface area contributed by atoms with E-state index < -0.39 is 10.8 Å². The summed E-state index contributed by atoms with van der Waals surface area (Å²) in [5.74, 6) is -0.552. The number of imidazole rings is 1. The number of carbonyl (C=O) groups is 1. The molecule has 21 heavy (non-hydrogen) atoms. The zero-order valence-electron chi connectivity index (χ0n) is 11.3. The van der Waals surface area contributed by atoms with Crippen LogP contribution in [0.1, 0.15) is 17.3 Å². The highest BCUT2D eigenvalue weighted by Crippen LogP contribution is 2.16. The van der Waals surface area contributed by atoms with Gasteiger partial charge in [0.15, 0.2) is 0 Å². The fourth-order valence-electron chi connectivity index (χ4n) is 1.80. The van der Waals surface area contributed by atoms with Gasteiger partial charge in [0.2, 0.25) is 0 Å². The number of amides is 1. The second kappa shape index (κ2) is 5.99. The lowest BCUT2D eigenvalue weighted by Crippen LogP contribution is -2.36. The smallest absolute Gasteiger partial charge is 0.288 e. The van der Waals surface area contributed by atoms with Crippen LogP contribution in [0.2, 0.25) is 0 Å². The Hall–Kier alpha value is -2.97. The number of nitrogen functional groups attached to an aromatic ring is 1. The van der Waals surface area contributed by atoms with Gasteiger partial charge in [-0.25, -0.2) is 9.97 Å². The molecule has 0 aromatic carbocycles. The maximum absolute atomic E-state index is 12.1. The third kappa shape index (κ3) is 3.53. The van der Waals surface area contributed by atoms with Crippen LogP contribution in [0.15, 0.2) is 31.0 Å². The molecule has 2 aromatic rings. The van der Waals surface area contributed by atoms with E-state index in [1.807, 2.05) is 0 Å². The van der Waals surface area contributed by atoms with Crippen LogP contribution >= 0.6 is 0 Å². The van der Waals surface area contributed by atoms with E-state index in [0.29, 0.717) is 6.54 Å². The molecular weight excluding hydrogens is 276 g/mol. The Balaban J connectivity index is 2.09. The first-order valence-corrected chi connectivity index (χ1v) is 6.14. The summed E-state index contributed by atoms with van der Waals surface area (Å²) in [7, 11) is 0. The second-order valence-electron chi connectivity index (χ2n) is 4.52. The molecule has 0 radical (unpaired) electrons. The summed E-state index contributed by atoms with van der Waals surface area (Å²) in [4.78, 5) is 29.7. The minimum absolute atomic E-state index is 0.0123. The third-order valence-corrected chi connectivity index (χ3v) is 2.78. The van der Waals surface area contributed by atoms with Crippen molar-refractivity contribution in [1.82, 2.24) is 19.9 Å². The predicted molar refractivity (Wildman–Crippen MR) is 74.5 cm³/mol. The van der Waals surface area contributed by atoms with Crippen LogP contribution < -0.4 is 11.1 Å². The van der Waals surface area contributed by atoms with E-state index in [4.69, 9.17) is 5.73 Å². The van der Waals surface area contributed by atoms with Crippen LogP contribution in [-0.4, -0.2) is 31.4 Å². The van der Waals surface area contributed by atoms with Crippen molar-refractivity contribution in [3.8, 4) is 0 Å². The van der Waals surface area contributed by atoms with Gasteiger partial charge < -0.3 is 15.6 Å². The lowest BCUT2D eigenvalue weighted by molar-refractivity contribution is -0.385. The van der Waals surface area contributed by atoms with Crippen LogP contribution in [0.5, 0.6) is 0 Å². The number of nitrogens with zero attached hydrogens (tertiary/aromatic N) is 4. The van der Waals surface area contributed by atoms with E-state index in [2.05, 4.69) is 15.3 Å². The topological polar surface area (TPSA) is 129 Å². The minimum atomic E-state index is -0.627. The fourth-order valence-corrected chi connectivity index (χ4v) is 1.80. The van der Waals surface area contributed by atoms with E-state index >= 15 is 0 Å². The molecule has 110 valence electrons. The summed E-state index contributed by atoms with van der Waals surface area (Å²) in [5.41, 5.74) is 5.30. The number of nitrogens with two attached hydrogens (primary N) is 1. The zero-order valence-corrected chi connectivity index (χ0v) is 11.3. The lowest BCUT2D eigenvalue weighted by Gasteiger charge is -2.14. The highest BCUT2D eigenvalue weighted by molar-refractivity contribution is 5.99. The van der Waals surface area contributed by atoms with Gasteiger partial charge in [-0.3, -0.25) is 14.9 Å². The Labute approximate surface area is 120 Å². The monoisotopic (exact) mass is 290 g/mol. The standard InChI is InChI=1S/C12H14N6O3/c1-8(6-17-3-2-14-7-17)16-12(19)10-4-9(18(20)21)5-15-11(10)13/h2-5,7-8H,6H2,1H3,(H2,13,15)(H,16,19). The molecule has 0 saturated heterocycles. The van der Waals surface area contributed by atoms with Gasteiger partial charge in [0.05, 0.1) is 16.8 Å². The van der Waals surface area contributed by atoms with Gasteiger partial charge >= 0.3 is 0 Å². The highest BCUT2D eigenvalue weighted by atomic mass is 16.6. The van der Waals surface area contributed by atoms with Gasteiger partial charge in [-0.15, -0.1) is 0 Å². The molecule has 0 aliphatic carbocycles. The third-order valence-electron chi connectivity index (χ3n) is 2.78. The molecule has 0 fully saturated rings. The van der Waals surface area contributed by atoms with Crippen molar-refractivity contribution in [1.29, 1.82) is 0 Å². The Morgan fingerprint density at radius 3 is 3.00 bits per heavy atom. The van der Waals surface area contributed by atoms with E-state index in [1.165, 1.54) is 0 Å². The summed E-state index contributed by atoms with van der Waals surface area (Å²) in [6.07, 6.45) is 6.05. The van der Waals surface area contributed by atoms with Crippen molar-refractivity contribution < 1.29 is 9.72 Å². The zero-order chi connectivity index (χ0) is 15.4. The summed E-state index contributed by atoms with van der Waals surface area (Å²) in [5, 5.41) is 13.4. The van der Waals surface area contributed by atoms with Crippen molar-refractivity contribution in [3.63, 3.8) is 0 Å². The van der Waals surface area contributed by atoms with E-state index in [1.54, 1.807) is 30.2 Å². The minimum Gasteiger partial charge on any atom is -0.383 e. The van der Waals surface area contributed by atoms with Gasteiger partial charge in [-0.2, -0.15) is 0 Å². The van der Waals surface area contributed by atoms with Crippen LogP contribution in [0, 0.1) is 10.1 Å². The molecule has 0 aliphatic heterocycles. The van der Waals surface area contributed by atoms with Crippen molar-refractivity contribution in [2.75, 3.05) is 5.73 Å². The molecule has 2 heterocycles. The van der Waals surface area contributed by atoms with Gasteiger partial charge in [-0.1, -0.05) is 0 Å². The quantitative estimate of drug-likeness (QED) is 0.612. The molecule has 9 nitrogen and oxygen atoms in total. The Bertz CT molecular complexity index is 655. The highest BCUT2D eigenvalue weighted by Gasteiger charge is 2.18. The number of hydrogen-bond donors (Lipinski definition) is 2. The number of hydrogen-bond acceptors (Lipinski definition) is 6. The number of nitro groups is 1. The first-order chi connectivity index (χ1) is 9.97. The molecule has 3 N–H and O–H groups in total.